The molecule has 2 aromatic heterocycles. The van der Waals surface area contributed by atoms with E-state index in [-0.39, 0.29) is 17.1 Å². The Morgan fingerprint density at radius 1 is 1.12 bits per heavy atom. The maximum atomic E-state index is 11.3. The van der Waals surface area contributed by atoms with Gasteiger partial charge in [0.05, 0.1) is 21.6 Å². The number of hydrogen-bond acceptors (Lipinski definition) is 6. The summed E-state index contributed by atoms with van der Waals surface area (Å²) < 4.78 is 1.35. The van der Waals surface area contributed by atoms with Gasteiger partial charge in [0.25, 0.3) is 5.69 Å². The van der Waals surface area contributed by atoms with Crippen molar-refractivity contribution in [3.8, 4) is 16.8 Å². The molecule has 0 fully saturated rings. The average Bonchev–Trinajstić information content (AvgIpc) is 2.96. The second-order valence-electron chi connectivity index (χ2n) is 5.00. The van der Waals surface area contributed by atoms with Crippen LogP contribution in [0.4, 0.5) is 11.4 Å². The Morgan fingerprint density at radius 2 is 1.92 bits per heavy atom. The molecule has 0 saturated heterocycles. The van der Waals surface area contributed by atoms with Gasteiger partial charge in [0.1, 0.15) is 5.69 Å². The van der Waals surface area contributed by atoms with Gasteiger partial charge in [0, 0.05) is 35.8 Å². The molecule has 9 nitrogen and oxygen atoms in total. The minimum absolute atomic E-state index is 0.156. The first-order chi connectivity index (χ1) is 11.5. The van der Waals surface area contributed by atoms with Crippen LogP contribution in [-0.4, -0.2) is 24.6 Å². The van der Waals surface area contributed by atoms with Gasteiger partial charge in [-0.3, -0.25) is 25.2 Å². The molecule has 0 radical (unpaired) electrons. The molecule has 0 aliphatic heterocycles. The summed E-state index contributed by atoms with van der Waals surface area (Å²) in [4.78, 5) is 24.8. The minimum Gasteiger partial charge on any atom is -0.264 e. The number of nitrogens with zero attached hydrogens (tertiary/aromatic N) is 5. The van der Waals surface area contributed by atoms with Gasteiger partial charge in [-0.15, -0.1) is 0 Å². The molecule has 9 heteroatoms. The number of rotatable bonds is 4. The summed E-state index contributed by atoms with van der Waals surface area (Å²) in [5.74, 6) is 0. The Bertz CT molecular complexity index is 936. The van der Waals surface area contributed by atoms with E-state index >= 15 is 0 Å². The first-order valence-electron chi connectivity index (χ1n) is 6.87. The van der Waals surface area contributed by atoms with Crippen molar-refractivity contribution in [2.24, 2.45) is 0 Å². The normalized spacial score (nSPS) is 10.5. The van der Waals surface area contributed by atoms with Gasteiger partial charge >= 0.3 is 5.69 Å². The van der Waals surface area contributed by atoms with Gasteiger partial charge in [0.2, 0.25) is 0 Å². The second kappa shape index (κ2) is 5.88. The van der Waals surface area contributed by atoms with Gasteiger partial charge in [0.15, 0.2) is 0 Å². The maximum Gasteiger partial charge on any atom is 0.301 e. The summed E-state index contributed by atoms with van der Waals surface area (Å²) in [5.41, 5.74) is 1.69. The van der Waals surface area contributed by atoms with Gasteiger partial charge in [-0.2, -0.15) is 5.10 Å². The molecule has 0 atom stereocenters. The number of nitro groups is 2. The molecular formula is C15H11N5O4. The van der Waals surface area contributed by atoms with Crippen LogP contribution in [0.1, 0.15) is 5.69 Å². The molecule has 0 aliphatic carbocycles. The highest BCUT2D eigenvalue weighted by Gasteiger charge is 2.22. The molecule has 0 aliphatic rings. The third-order valence-electron chi connectivity index (χ3n) is 3.48. The Morgan fingerprint density at radius 3 is 2.54 bits per heavy atom. The number of hydrogen-bond donors (Lipinski definition) is 0. The SMILES string of the molecule is Cc1nn(-c2ccc([N+](=O)[O-])cc2[N+](=O)[O-])cc1-c1cccnc1. The third-order valence-corrected chi connectivity index (χ3v) is 3.48. The van der Waals surface area contributed by atoms with E-state index in [1.54, 1.807) is 31.6 Å². The van der Waals surface area contributed by atoms with E-state index in [4.69, 9.17) is 0 Å². The second-order valence-corrected chi connectivity index (χ2v) is 5.00. The highest BCUT2D eigenvalue weighted by molar-refractivity contribution is 5.66. The Balaban J connectivity index is 2.13. The van der Waals surface area contributed by atoms with Crippen molar-refractivity contribution in [2.75, 3.05) is 0 Å². The van der Waals surface area contributed by atoms with E-state index in [1.807, 2.05) is 6.07 Å². The van der Waals surface area contributed by atoms with Crippen molar-refractivity contribution in [2.45, 2.75) is 6.92 Å². The van der Waals surface area contributed by atoms with Crippen LogP contribution in [0.5, 0.6) is 0 Å². The first kappa shape index (κ1) is 15.3. The zero-order valence-corrected chi connectivity index (χ0v) is 12.5. The fourth-order valence-corrected chi connectivity index (χ4v) is 2.35. The molecule has 0 amide bonds. The van der Waals surface area contributed by atoms with Gasteiger partial charge in [-0.05, 0) is 19.1 Å². The monoisotopic (exact) mass is 325 g/mol. The zero-order chi connectivity index (χ0) is 17.3. The summed E-state index contributed by atoms with van der Waals surface area (Å²) in [7, 11) is 0. The zero-order valence-electron chi connectivity index (χ0n) is 12.5. The average molecular weight is 325 g/mol. The van der Waals surface area contributed by atoms with Crippen molar-refractivity contribution in [1.29, 1.82) is 0 Å². The lowest BCUT2D eigenvalue weighted by Gasteiger charge is -2.02. The van der Waals surface area contributed by atoms with Crippen LogP contribution in [0.15, 0.2) is 48.9 Å². The molecule has 3 aromatic rings. The van der Waals surface area contributed by atoms with Gasteiger partial charge in [-0.1, -0.05) is 6.07 Å². The number of non-ortho nitro benzene ring substituents is 1. The first-order valence-corrected chi connectivity index (χ1v) is 6.87. The molecule has 0 spiro atoms. The maximum absolute atomic E-state index is 11.3. The standard InChI is InChI=1S/C15H11N5O4/c1-10-13(11-3-2-6-16-8-11)9-18(17-10)14-5-4-12(19(21)22)7-15(14)20(23)24/h2-9H,1H3. The van der Waals surface area contributed by atoms with E-state index in [0.717, 1.165) is 17.2 Å². The topological polar surface area (TPSA) is 117 Å². The van der Waals surface area contributed by atoms with Crippen LogP contribution < -0.4 is 0 Å². The highest BCUT2D eigenvalue weighted by atomic mass is 16.6. The predicted molar refractivity (Wildman–Crippen MR) is 84.8 cm³/mol. The van der Waals surface area contributed by atoms with Gasteiger partial charge in [-0.25, -0.2) is 4.68 Å². The third kappa shape index (κ3) is 2.70. The molecule has 0 unspecified atom stereocenters. The van der Waals surface area contributed by atoms with Crippen LogP contribution in [0.3, 0.4) is 0 Å². The summed E-state index contributed by atoms with van der Waals surface area (Å²) in [6.45, 7) is 1.77. The lowest BCUT2D eigenvalue weighted by Crippen LogP contribution is -2.02. The van der Waals surface area contributed by atoms with E-state index in [9.17, 15) is 20.2 Å². The number of benzene rings is 1. The largest absolute Gasteiger partial charge is 0.301 e. The van der Waals surface area contributed by atoms with Crippen LogP contribution in [0, 0.1) is 27.2 Å². The smallest absolute Gasteiger partial charge is 0.264 e. The molecule has 24 heavy (non-hydrogen) atoms. The Labute approximate surface area is 135 Å². The summed E-state index contributed by atoms with van der Waals surface area (Å²) >= 11 is 0. The van der Waals surface area contributed by atoms with Crippen molar-refractivity contribution < 1.29 is 9.85 Å². The van der Waals surface area contributed by atoms with E-state index in [2.05, 4.69) is 10.1 Å². The van der Waals surface area contributed by atoms with Crippen LogP contribution >= 0.6 is 0 Å². The van der Waals surface area contributed by atoms with Gasteiger partial charge < -0.3 is 0 Å². The van der Waals surface area contributed by atoms with E-state index in [1.165, 1.54) is 16.8 Å². The number of pyridine rings is 1. The summed E-state index contributed by atoms with van der Waals surface area (Å²) in [6.07, 6.45) is 4.95. The fourth-order valence-electron chi connectivity index (χ4n) is 2.35. The highest BCUT2D eigenvalue weighted by Crippen LogP contribution is 2.30. The molecule has 120 valence electrons. The quantitative estimate of drug-likeness (QED) is 0.537. The van der Waals surface area contributed by atoms with Crippen LogP contribution in [0.25, 0.3) is 16.8 Å². The molecule has 2 heterocycles. The van der Waals surface area contributed by atoms with E-state index < -0.39 is 9.85 Å². The Kier molecular flexibility index (Phi) is 3.74. The van der Waals surface area contributed by atoms with Crippen molar-refractivity contribution in [3.63, 3.8) is 0 Å². The minimum atomic E-state index is -0.674. The fraction of sp³-hybridized carbons (Fsp3) is 0.0667. The summed E-state index contributed by atoms with van der Waals surface area (Å²) in [5, 5.41) is 26.4. The number of aryl methyl sites for hydroxylation is 1. The van der Waals surface area contributed by atoms with Crippen LogP contribution in [0.2, 0.25) is 0 Å². The Hall–Kier alpha value is -3.62. The number of nitro benzene ring substituents is 2. The molecule has 1 aromatic carbocycles. The lowest BCUT2D eigenvalue weighted by molar-refractivity contribution is -0.394. The molecule has 0 saturated carbocycles. The van der Waals surface area contributed by atoms with Crippen molar-refractivity contribution in [1.82, 2.24) is 14.8 Å². The molecule has 0 bridgehead atoms. The van der Waals surface area contributed by atoms with Crippen molar-refractivity contribution in [3.05, 3.63) is 74.8 Å². The molecule has 0 N–H and O–H groups in total. The summed E-state index contributed by atoms with van der Waals surface area (Å²) in [6, 6.07) is 7.08. The number of aromatic nitrogens is 3. The van der Waals surface area contributed by atoms with E-state index in [0.29, 0.717) is 5.69 Å². The van der Waals surface area contributed by atoms with Crippen LogP contribution in [-0.2, 0) is 0 Å². The van der Waals surface area contributed by atoms with Crippen molar-refractivity contribution >= 4 is 11.4 Å². The molecule has 3 rings (SSSR count). The molecular weight excluding hydrogens is 314 g/mol. The lowest BCUT2D eigenvalue weighted by atomic mass is 10.1. The predicted octanol–water partition coefficient (Wildman–Crippen LogP) is 3.06.